The molecule has 9 nitrogen and oxygen atoms in total. The summed E-state index contributed by atoms with van der Waals surface area (Å²) in [5.74, 6) is -0.501. The quantitative estimate of drug-likeness (QED) is 0.533. The van der Waals surface area contributed by atoms with E-state index in [4.69, 9.17) is 4.74 Å². The highest BCUT2D eigenvalue weighted by Gasteiger charge is 2.28. The molecule has 0 aliphatic carbocycles. The molecule has 3 aromatic rings. The number of hydrogen-bond acceptors (Lipinski definition) is 6. The van der Waals surface area contributed by atoms with E-state index in [0.717, 1.165) is 28.0 Å². The number of carbonyl (C=O) groups excluding carboxylic acids is 3. The highest BCUT2D eigenvalue weighted by molar-refractivity contribution is 6.06. The van der Waals surface area contributed by atoms with Gasteiger partial charge in [0.2, 0.25) is 5.91 Å². The number of methoxy groups -OCH3 is 1. The minimum absolute atomic E-state index is 0.0393. The molecule has 0 fully saturated rings. The third-order valence-corrected chi connectivity index (χ3v) is 6.62. The van der Waals surface area contributed by atoms with E-state index in [1.165, 1.54) is 12.1 Å². The summed E-state index contributed by atoms with van der Waals surface area (Å²) in [5, 5.41) is 9.09. The number of nitrogens with one attached hydrogen (secondary N) is 1. The molecule has 0 radical (unpaired) electrons. The van der Waals surface area contributed by atoms with Crippen molar-refractivity contribution in [3.05, 3.63) is 94.8 Å². The topological polar surface area (TPSA) is 104 Å². The average molecular weight is 498 g/mol. The summed E-state index contributed by atoms with van der Waals surface area (Å²) in [6.45, 7) is 3.38. The van der Waals surface area contributed by atoms with Crippen LogP contribution in [0.4, 0.5) is 10.5 Å². The maximum atomic E-state index is 12.8. The summed E-state index contributed by atoms with van der Waals surface area (Å²) in [6.07, 6.45) is 3.89. The van der Waals surface area contributed by atoms with Crippen LogP contribution in [0.5, 0.6) is 0 Å². The summed E-state index contributed by atoms with van der Waals surface area (Å²) in [5.41, 5.74) is 5.88. The molecule has 37 heavy (non-hydrogen) atoms. The second-order valence-electron chi connectivity index (χ2n) is 9.24. The molecular formula is C28H27N5O4. The number of amides is 3. The zero-order valence-corrected chi connectivity index (χ0v) is 20.7. The molecular weight excluding hydrogens is 470 g/mol. The number of carbonyl (C=O) groups is 3. The largest absolute Gasteiger partial charge is 0.465 e. The lowest BCUT2D eigenvalue weighted by atomic mass is 9.93. The van der Waals surface area contributed by atoms with E-state index in [1.807, 2.05) is 37.3 Å². The van der Waals surface area contributed by atoms with Gasteiger partial charge in [0.05, 0.1) is 24.9 Å². The van der Waals surface area contributed by atoms with Crippen molar-refractivity contribution >= 4 is 29.3 Å². The van der Waals surface area contributed by atoms with E-state index in [1.54, 1.807) is 41.6 Å². The number of fused-ring (bicyclic) bond motifs is 1. The summed E-state index contributed by atoms with van der Waals surface area (Å²) >= 11 is 0. The minimum Gasteiger partial charge on any atom is -0.465 e. The van der Waals surface area contributed by atoms with Crippen molar-refractivity contribution in [3.63, 3.8) is 0 Å². The predicted molar refractivity (Wildman–Crippen MR) is 138 cm³/mol. The van der Waals surface area contributed by atoms with Crippen LogP contribution in [0.1, 0.15) is 46.0 Å². The number of hydrazone groups is 1. The number of pyridine rings is 1. The molecule has 2 aliphatic rings. The molecule has 2 aliphatic heterocycles. The van der Waals surface area contributed by atoms with Crippen LogP contribution in [0.3, 0.4) is 0 Å². The highest BCUT2D eigenvalue weighted by atomic mass is 16.5. The molecule has 1 N–H and O–H groups in total. The molecule has 1 atom stereocenters. The number of esters is 1. The monoisotopic (exact) mass is 497 g/mol. The maximum Gasteiger partial charge on any atom is 0.337 e. The molecule has 3 amide bonds. The van der Waals surface area contributed by atoms with Gasteiger partial charge in [-0.2, -0.15) is 5.10 Å². The maximum absolute atomic E-state index is 12.8. The lowest BCUT2D eigenvalue weighted by molar-refractivity contribution is -0.133. The van der Waals surface area contributed by atoms with Crippen molar-refractivity contribution in [2.75, 3.05) is 12.4 Å². The van der Waals surface area contributed by atoms with Crippen molar-refractivity contribution < 1.29 is 19.1 Å². The van der Waals surface area contributed by atoms with E-state index < -0.39 is 5.97 Å². The second kappa shape index (κ2) is 10.2. The van der Waals surface area contributed by atoms with Crippen molar-refractivity contribution in [1.29, 1.82) is 0 Å². The van der Waals surface area contributed by atoms with Gasteiger partial charge >= 0.3 is 12.0 Å². The first-order chi connectivity index (χ1) is 17.9. The van der Waals surface area contributed by atoms with Gasteiger partial charge in [-0.3, -0.25) is 9.78 Å². The fourth-order valence-electron chi connectivity index (χ4n) is 4.54. The molecule has 188 valence electrons. The molecule has 3 heterocycles. The van der Waals surface area contributed by atoms with E-state index in [9.17, 15) is 14.4 Å². The molecule has 0 saturated heterocycles. The summed E-state index contributed by atoms with van der Waals surface area (Å²) in [7, 11) is 1.34. The van der Waals surface area contributed by atoms with E-state index >= 15 is 0 Å². The van der Waals surface area contributed by atoms with Crippen LogP contribution in [0.15, 0.2) is 72.1 Å². The van der Waals surface area contributed by atoms with Crippen molar-refractivity contribution in [1.82, 2.24) is 14.9 Å². The first-order valence-corrected chi connectivity index (χ1v) is 12.1. The van der Waals surface area contributed by atoms with Crippen LogP contribution < -0.4 is 5.32 Å². The van der Waals surface area contributed by atoms with Crippen LogP contribution in [-0.4, -0.2) is 45.6 Å². The zero-order chi connectivity index (χ0) is 25.9. The molecule has 0 bridgehead atoms. The van der Waals surface area contributed by atoms with Crippen LogP contribution in [-0.2, 0) is 29.2 Å². The molecule has 5 rings (SSSR count). The van der Waals surface area contributed by atoms with Crippen LogP contribution in [0.25, 0.3) is 0 Å². The molecule has 2 aromatic carbocycles. The Labute approximate surface area is 214 Å². The SMILES string of the molecule is COC(=O)c1ccc(CN2N=C(c3ccc(NC(=O)N4Cc5ccncc5C4)cc3)C(C)CC2=O)cc1. The summed E-state index contributed by atoms with van der Waals surface area (Å²) in [4.78, 5) is 43.0. The van der Waals surface area contributed by atoms with Gasteiger partial charge < -0.3 is 15.0 Å². The van der Waals surface area contributed by atoms with E-state index in [-0.39, 0.29) is 17.9 Å². The number of rotatable bonds is 5. The van der Waals surface area contributed by atoms with Gasteiger partial charge in [0.1, 0.15) is 0 Å². The fourth-order valence-corrected chi connectivity index (χ4v) is 4.54. The lowest BCUT2D eigenvalue weighted by Gasteiger charge is -2.28. The standard InChI is InChI=1S/C28H27N5O4/c1-18-13-25(34)33(15-19-3-5-21(6-4-19)27(35)37-2)31-26(18)20-7-9-24(10-8-20)30-28(36)32-16-22-11-12-29-14-23(22)17-32/h3-12,14,18H,13,15-17H2,1-2H3,(H,30,36). The molecule has 9 heteroatoms. The molecule has 0 spiro atoms. The van der Waals surface area contributed by atoms with Gasteiger partial charge in [0, 0.05) is 43.5 Å². The Morgan fingerprint density at radius 1 is 1.03 bits per heavy atom. The van der Waals surface area contributed by atoms with Gasteiger partial charge in [0.25, 0.3) is 0 Å². The van der Waals surface area contributed by atoms with E-state index in [0.29, 0.717) is 37.3 Å². The summed E-state index contributed by atoms with van der Waals surface area (Å²) in [6, 6.07) is 16.2. The van der Waals surface area contributed by atoms with Gasteiger partial charge in [0.15, 0.2) is 0 Å². The average Bonchev–Trinajstić information content (AvgIpc) is 3.35. The van der Waals surface area contributed by atoms with Crippen molar-refractivity contribution in [3.8, 4) is 0 Å². The Morgan fingerprint density at radius 2 is 1.76 bits per heavy atom. The van der Waals surface area contributed by atoms with Crippen molar-refractivity contribution in [2.45, 2.75) is 33.0 Å². The van der Waals surface area contributed by atoms with Gasteiger partial charge in [-0.15, -0.1) is 0 Å². The smallest absolute Gasteiger partial charge is 0.337 e. The Bertz CT molecular complexity index is 1340. The normalized spacial score (nSPS) is 16.8. The third kappa shape index (κ3) is 5.20. The fraction of sp³-hybridized carbons (Fsp3) is 0.250. The van der Waals surface area contributed by atoms with Gasteiger partial charge in [-0.1, -0.05) is 31.2 Å². The first-order valence-electron chi connectivity index (χ1n) is 12.1. The zero-order valence-electron chi connectivity index (χ0n) is 20.7. The number of urea groups is 1. The first kappa shape index (κ1) is 24.2. The Kier molecular flexibility index (Phi) is 6.68. The highest BCUT2D eigenvalue weighted by Crippen LogP contribution is 2.25. The number of hydrogen-bond donors (Lipinski definition) is 1. The molecule has 0 saturated carbocycles. The Morgan fingerprint density at radius 3 is 2.46 bits per heavy atom. The molecule has 1 unspecified atom stereocenters. The van der Waals surface area contributed by atoms with E-state index in [2.05, 4.69) is 15.4 Å². The van der Waals surface area contributed by atoms with Crippen LogP contribution in [0, 0.1) is 5.92 Å². The lowest BCUT2D eigenvalue weighted by Crippen LogP contribution is -2.36. The third-order valence-electron chi connectivity index (χ3n) is 6.62. The van der Waals surface area contributed by atoms with Crippen LogP contribution in [0.2, 0.25) is 0 Å². The minimum atomic E-state index is -0.405. The van der Waals surface area contributed by atoms with Gasteiger partial charge in [-0.05, 0) is 52.6 Å². The Balaban J connectivity index is 1.26. The van der Waals surface area contributed by atoms with Crippen molar-refractivity contribution in [2.24, 2.45) is 11.0 Å². The Hall–Kier alpha value is -4.53. The number of aromatic nitrogens is 1. The predicted octanol–water partition coefficient (Wildman–Crippen LogP) is 4.19. The number of benzene rings is 2. The second-order valence-corrected chi connectivity index (χ2v) is 9.24. The molecule has 1 aromatic heterocycles. The number of anilines is 1. The van der Waals surface area contributed by atoms with Crippen LogP contribution >= 0.6 is 0 Å². The number of ether oxygens (including phenoxy) is 1. The summed E-state index contributed by atoms with van der Waals surface area (Å²) < 4.78 is 4.73. The number of nitrogens with zero attached hydrogens (tertiary/aromatic N) is 4. The van der Waals surface area contributed by atoms with Gasteiger partial charge in [-0.25, -0.2) is 14.6 Å².